The second-order valence-corrected chi connectivity index (χ2v) is 3.83. The van der Waals surface area contributed by atoms with Crippen LogP contribution in [0.2, 0.25) is 0 Å². The second kappa shape index (κ2) is 6.44. The number of aromatic nitrogens is 2. The van der Waals surface area contributed by atoms with Gasteiger partial charge >= 0.3 is 0 Å². The van der Waals surface area contributed by atoms with Crippen LogP contribution in [0.4, 0.5) is 0 Å². The van der Waals surface area contributed by atoms with Crippen LogP contribution in [0.5, 0.6) is 5.75 Å². The molecule has 5 heteroatoms. The largest absolute Gasteiger partial charge is 0.494 e. The number of ether oxygens (including phenoxy) is 1. The maximum absolute atomic E-state index is 8.38. The lowest BCUT2D eigenvalue weighted by molar-refractivity contribution is 0.310. The summed E-state index contributed by atoms with van der Waals surface area (Å²) in [6, 6.07) is 7.38. The third-order valence-corrected chi connectivity index (χ3v) is 2.49. The first-order chi connectivity index (χ1) is 8.88. The van der Waals surface area contributed by atoms with Gasteiger partial charge in [0.05, 0.1) is 24.8 Å². The molecule has 2 rings (SSSR count). The molecule has 2 N–H and O–H groups in total. The van der Waals surface area contributed by atoms with Gasteiger partial charge in [0, 0.05) is 6.20 Å². The molecule has 0 amide bonds. The molecule has 0 saturated carbocycles. The van der Waals surface area contributed by atoms with E-state index >= 15 is 0 Å². The Balaban J connectivity index is 1.73. The molecule has 0 aliphatic carbocycles. The van der Waals surface area contributed by atoms with E-state index in [0.29, 0.717) is 6.61 Å². The van der Waals surface area contributed by atoms with Crippen LogP contribution in [-0.2, 0) is 6.42 Å². The van der Waals surface area contributed by atoms with E-state index in [1.807, 2.05) is 30.5 Å². The highest BCUT2D eigenvalue weighted by Gasteiger charge is 1.97. The molecule has 18 heavy (non-hydrogen) atoms. The molecular formula is C13H15N3O2. The zero-order chi connectivity index (χ0) is 12.6. The fraction of sp³-hybridized carbons (Fsp3) is 0.231. The molecule has 0 spiro atoms. The summed E-state index contributed by atoms with van der Waals surface area (Å²) in [5.41, 5.74) is 1.88. The molecule has 5 nitrogen and oxygen atoms in total. The Hall–Kier alpha value is -2.30. The average molecular weight is 245 g/mol. The number of rotatable bonds is 6. The molecule has 0 radical (unpaired) electrons. The third-order valence-electron chi connectivity index (χ3n) is 2.49. The minimum atomic E-state index is 0.653. The number of oxime groups is 1. The molecule has 1 heterocycles. The van der Waals surface area contributed by atoms with Gasteiger partial charge in [0.2, 0.25) is 0 Å². The van der Waals surface area contributed by atoms with Crippen LogP contribution in [0.25, 0.3) is 0 Å². The van der Waals surface area contributed by atoms with Crippen LogP contribution >= 0.6 is 0 Å². The van der Waals surface area contributed by atoms with Gasteiger partial charge in [0.1, 0.15) is 5.75 Å². The summed E-state index contributed by atoms with van der Waals surface area (Å²) in [5.74, 6) is 0.812. The third kappa shape index (κ3) is 3.62. The van der Waals surface area contributed by atoms with Crippen molar-refractivity contribution in [2.75, 3.05) is 6.61 Å². The van der Waals surface area contributed by atoms with E-state index in [2.05, 4.69) is 15.1 Å². The molecular weight excluding hydrogens is 230 g/mol. The molecule has 0 unspecified atom stereocenters. The summed E-state index contributed by atoms with van der Waals surface area (Å²) in [6.45, 7) is 0.653. The Morgan fingerprint density at radius 1 is 1.33 bits per heavy atom. The van der Waals surface area contributed by atoms with E-state index in [1.165, 1.54) is 6.21 Å². The van der Waals surface area contributed by atoms with E-state index in [9.17, 15) is 0 Å². The lowest BCUT2D eigenvalue weighted by Gasteiger charge is -2.05. The van der Waals surface area contributed by atoms with Crippen LogP contribution in [0.15, 0.2) is 41.9 Å². The van der Waals surface area contributed by atoms with E-state index in [0.717, 1.165) is 29.8 Å². The Labute approximate surface area is 105 Å². The first-order valence-electron chi connectivity index (χ1n) is 5.76. The fourth-order valence-electron chi connectivity index (χ4n) is 1.59. The summed E-state index contributed by atoms with van der Waals surface area (Å²) >= 11 is 0. The topological polar surface area (TPSA) is 70.5 Å². The number of hydrogen-bond donors (Lipinski definition) is 2. The summed E-state index contributed by atoms with van der Waals surface area (Å²) < 4.78 is 5.59. The molecule has 0 aliphatic heterocycles. The highest BCUT2D eigenvalue weighted by Crippen LogP contribution is 2.11. The zero-order valence-corrected chi connectivity index (χ0v) is 9.91. The van der Waals surface area contributed by atoms with Gasteiger partial charge in [0.15, 0.2) is 0 Å². The lowest BCUT2D eigenvalue weighted by atomic mass is 10.2. The Kier molecular flexibility index (Phi) is 4.35. The van der Waals surface area contributed by atoms with Crippen molar-refractivity contribution >= 4 is 6.21 Å². The number of aromatic amines is 1. The molecule has 0 aliphatic rings. The van der Waals surface area contributed by atoms with Crippen LogP contribution in [0.3, 0.4) is 0 Å². The van der Waals surface area contributed by atoms with E-state index < -0.39 is 0 Å². The summed E-state index contributed by atoms with van der Waals surface area (Å²) in [5, 5.41) is 11.3. The number of nitrogens with one attached hydrogen (secondary N) is 1. The van der Waals surface area contributed by atoms with Gasteiger partial charge in [-0.1, -0.05) is 5.16 Å². The van der Waals surface area contributed by atoms with Crippen molar-refractivity contribution in [2.45, 2.75) is 12.8 Å². The number of imidazole rings is 1. The Morgan fingerprint density at radius 2 is 2.17 bits per heavy atom. The SMILES string of the molecule is ON=Cc1ccc(OCCCc2c[nH]cn2)cc1. The van der Waals surface area contributed by atoms with Crippen molar-refractivity contribution in [3.05, 3.63) is 48.0 Å². The maximum Gasteiger partial charge on any atom is 0.119 e. The number of aryl methyl sites for hydroxylation is 1. The monoisotopic (exact) mass is 245 g/mol. The predicted molar refractivity (Wildman–Crippen MR) is 68.2 cm³/mol. The van der Waals surface area contributed by atoms with E-state index in [4.69, 9.17) is 9.94 Å². The number of H-pyrrole nitrogens is 1. The highest BCUT2D eigenvalue weighted by atomic mass is 16.5. The van der Waals surface area contributed by atoms with Crippen molar-refractivity contribution in [2.24, 2.45) is 5.16 Å². The summed E-state index contributed by atoms with van der Waals surface area (Å²) in [4.78, 5) is 7.07. The first kappa shape index (κ1) is 12.2. The normalized spacial score (nSPS) is 10.9. The van der Waals surface area contributed by atoms with Gasteiger partial charge in [-0.05, 0) is 42.7 Å². The second-order valence-electron chi connectivity index (χ2n) is 3.83. The van der Waals surface area contributed by atoms with Crippen molar-refractivity contribution in [1.82, 2.24) is 9.97 Å². The number of nitrogens with zero attached hydrogens (tertiary/aromatic N) is 2. The minimum absolute atomic E-state index is 0.653. The maximum atomic E-state index is 8.38. The highest BCUT2D eigenvalue weighted by molar-refractivity contribution is 5.79. The lowest BCUT2D eigenvalue weighted by Crippen LogP contribution is -1.99. The van der Waals surface area contributed by atoms with Crippen LogP contribution in [-0.4, -0.2) is 28.0 Å². The van der Waals surface area contributed by atoms with Crippen LogP contribution in [0, 0.1) is 0 Å². The summed E-state index contributed by atoms with van der Waals surface area (Å²) in [6.07, 6.45) is 6.77. The molecule has 1 aromatic carbocycles. The van der Waals surface area contributed by atoms with Gasteiger partial charge in [-0.25, -0.2) is 4.98 Å². The summed E-state index contributed by atoms with van der Waals surface area (Å²) in [7, 11) is 0. The van der Waals surface area contributed by atoms with Crippen molar-refractivity contribution < 1.29 is 9.94 Å². The molecule has 0 atom stereocenters. The Bertz CT molecular complexity index is 477. The number of hydrogen-bond acceptors (Lipinski definition) is 4. The van der Waals surface area contributed by atoms with E-state index in [1.54, 1.807) is 6.33 Å². The molecule has 0 bridgehead atoms. The molecule has 0 saturated heterocycles. The molecule has 94 valence electrons. The van der Waals surface area contributed by atoms with E-state index in [-0.39, 0.29) is 0 Å². The van der Waals surface area contributed by atoms with Gasteiger partial charge in [-0.3, -0.25) is 0 Å². The number of benzene rings is 1. The van der Waals surface area contributed by atoms with Gasteiger partial charge in [-0.2, -0.15) is 0 Å². The fourth-order valence-corrected chi connectivity index (χ4v) is 1.59. The molecule has 2 aromatic rings. The van der Waals surface area contributed by atoms with Gasteiger partial charge in [-0.15, -0.1) is 0 Å². The van der Waals surface area contributed by atoms with Crippen molar-refractivity contribution in [3.8, 4) is 5.75 Å². The molecule has 1 aromatic heterocycles. The average Bonchev–Trinajstić information content (AvgIpc) is 2.90. The minimum Gasteiger partial charge on any atom is -0.494 e. The van der Waals surface area contributed by atoms with Crippen LogP contribution in [0.1, 0.15) is 17.7 Å². The Morgan fingerprint density at radius 3 is 2.83 bits per heavy atom. The zero-order valence-electron chi connectivity index (χ0n) is 9.91. The first-order valence-corrected chi connectivity index (χ1v) is 5.76. The van der Waals surface area contributed by atoms with Crippen molar-refractivity contribution in [1.29, 1.82) is 0 Å². The quantitative estimate of drug-likeness (QED) is 0.355. The van der Waals surface area contributed by atoms with Crippen LogP contribution < -0.4 is 4.74 Å². The predicted octanol–water partition coefficient (Wildman–Crippen LogP) is 2.23. The standard InChI is InChI=1S/C13H15N3O2/c17-16-8-11-3-5-13(6-4-11)18-7-1-2-12-9-14-10-15-12/h3-6,8-10,17H,1-2,7H2,(H,14,15). The smallest absolute Gasteiger partial charge is 0.119 e. The van der Waals surface area contributed by atoms with Crippen molar-refractivity contribution in [3.63, 3.8) is 0 Å². The van der Waals surface area contributed by atoms with Gasteiger partial charge in [0.25, 0.3) is 0 Å². The van der Waals surface area contributed by atoms with Gasteiger partial charge < -0.3 is 14.9 Å². The molecule has 0 fully saturated rings.